The lowest BCUT2D eigenvalue weighted by Crippen LogP contribution is -2.36. The molecular formula is C11H19N3O2. The molecule has 1 aliphatic rings. The number of nitrogens with zero attached hydrogens (tertiary/aromatic N) is 2. The predicted molar refractivity (Wildman–Crippen MR) is 60.1 cm³/mol. The monoisotopic (exact) mass is 225 g/mol. The van der Waals surface area contributed by atoms with Gasteiger partial charge in [0.2, 0.25) is 0 Å². The van der Waals surface area contributed by atoms with Gasteiger partial charge in [0.25, 0.3) is 0 Å². The van der Waals surface area contributed by atoms with Crippen LogP contribution in [0.2, 0.25) is 0 Å². The first-order chi connectivity index (χ1) is 7.81. The fourth-order valence-electron chi connectivity index (χ4n) is 1.94. The van der Waals surface area contributed by atoms with Crippen molar-refractivity contribution in [2.24, 2.45) is 0 Å². The molecule has 2 heterocycles. The summed E-state index contributed by atoms with van der Waals surface area (Å²) < 4.78 is 10.6. The number of ether oxygens (including phenoxy) is 1. The molecule has 1 aliphatic heterocycles. The highest BCUT2D eigenvalue weighted by Crippen LogP contribution is 2.15. The number of rotatable bonds is 4. The van der Waals surface area contributed by atoms with E-state index in [0.717, 1.165) is 50.8 Å². The topological polar surface area (TPSA) is 50.5 Å². The molecule has 0 spiro atoms. The zero-order chi connectivity index (χ0) is 11.4. The molecule has 0 amide bonds. The van der Waals surface area contributed by atoms with E-state index in [2.05, 4.69) is 15.4 Å². The molecule has 1 aromatic rings. The molecule has 5 heteroatoms. The largest absolute Gasteiger partial charge is 0.379 e. The van der Waals surface area contributed by atoms with Crippen LogP contribution in [0.5, 0.6) is 0 Å². The molecule has 0 atom stereocenters. The average Bonchev–Trinajstić information content (AvgIpc) is 2.64. The third-order valence-corrected chi connectivity index (χ3v) is 2.90. The van der Waals surface area contributed by atoms with Crippen LogP contribution in [0.15, 0.2) is 4.52 Å². The predicted octanol–water partition coefficient (Wildman–Crippen LogP) is 0.535. The van der Waals surface area contributed by atoms with Gasteiger partial charge < -0.3 is 14.6 Å². The molecule has 2 rings (SSSR count). The van der Waals surface area contributed by atoms with Crippen LogP contribution in [-0.4, -0.2) is 43.4 Å². The Bertz CT molecular complexity index is 332. The van der Waals surface area contributed by atoms with Crippen LogP contribution in [0.1, 0.15) is 17.0 Å². The number of aryl methyl sites for hydroxylation is 1. The van der Waals surface area contributed by atoms with E-state index in [1.807, 2.05) is 14.0 Å². The van der Waals surface area contributed by atoms with Crippen molar-refractivity contribution in [1.29, 1.82) is 0 Å². The molecule has 16 heavy (non-hydrogen) atoms. The maximum absolute atomic E-state index is 5.32. The molecule has 1 fully saturated rings. The van der Waals surface area contributed by atoms with Crippen molar-refractivity contribution in [2.45, 2.75) is 20.0 Å². The Morgan fingerprint density at radius 3 is 2.81 bits per heavy atom. The number of hydrogen-bond donors (Lipinski definition) is 1. The second-order valence-corrected chi connectivity index (χ2v) is 4.08. The summed E-state index contributed by atoms with van der Waals surface area (Å²) in [6, 6.07) is 0. The van der Waals surface area contributed by atoms with Crippen LogP contribution in [0.3, 0.4) is 0 Å². The standard InChI is InChI=1S/C11H19N3O2/c1-9-10(7-12-2)11(13-16-9)8-14-3-5-15-6-4-14/h12H,3-8H2,1-2H3. The lowest BCUT2D eigenvalue weighted by molar-refractivity contribution is 0.0331. The maximum atomic E-state index is 5.32. The minimum Gasteiger partial charge on any atom is -0.379 e. The van der Waals surface area contributed by atoms with Crippen molar-refractivity contribution in [3.63, 3.8) is 0 Å². The van der Waals surface area contributed by atoms with Gasteiger partial charge in [0.1, 0.15) is 11.5 Å². The lowest BCUT2D eigenvalue weighted by atomic mass is 10.2. The van der Waals surface area contributed by atoms with Crippen molar-refractivity contribution >= 4 is 0 Å². The van der Waals surface area contributed by atoms with Gasteiger partial charge in [-0.2, -0.15) is 0 Å². The molecule has 1 N–H and O–H groups in total. The summed E-state index contributed by atoms with van der Waals surface area (Å²) in [5, 5.41) is 7.28. The van der Waals surface area contributed by atoms with Gasteiger partial charge in [0.15, 0.2) is 0 Å². The number of morpholine rings is 1. The van der Waals surface area contributed by atoms with E-state index in [-0.39, 0.29) is 0 Å². The van der Waals surface area contributed by atoms with Crippen LogP contribution in [0, 0.1) is 6.92 Å². The first-order valence-corrected chi connectivity index (χ1v) is 5.70. The molecule has 1 saturated heterocycles. The summed E-state index contributed by atoms with van der Waals surface area (Å²) in [5.41, 5.74) is 2.24. The van der Waals surface area contributed by atoms with E-state index in [1.165, 1.54) is 5.56 Å². The van der Waals surface area contributed by atoms with Crippen LogP contribution in [-0.2, 0) is 17.8 Å². The second kappa shape index (κ2) is 5.43. The molecule has 0 aliphatic carbocycles. The normalized spacial score (nSPS) is 17.9. The van der Waals surface area contributed by atoms with Gasteiger partial charge >= 0.3 is 0 Å². The van der Waals surface area contributed by atoms with Gasteiger partial charge in [-0.3, -0.25) is 4.90 Å². The number of hydrogen-bond acceptors (Lipinski definition) is 5. The van der Waals surface area contributed by atoms with E-state index < -0.39 is 0 Å². The summed E-state index contributed by atoms with van der Waals surface area (Å²) in [6.07, 6.45) is 0. The summed E-state index contributed by atoms with van der Waals surface area (Å²) in [5.74, 6) is 0.914. The average molecular weight is 225 g/mol. The molecule has 0 aromatic carbocycles. The Labute approximate surface area is 95.7 Å². The summed E-state index contributed by atoms with van der Waals surface area (Å²) in [6.45, 7) is 7.22. The Morgan fingerprint density at radius 1 is 1.38 bits per heavy atom. The Morgan fingerprint density at radius 2 is 2.12 bits per heavy atom. The van der Waals surface area contributed by atoms with Gasteiger partial charge in [-0.1, -0.05) is 5.16 Å². The van der Waals surface area contributed by atoms with Crippen molar-refractivity contribution in [2.75, 3.05) is 33.4 Å². The minimum absolute atomic E-state index is 0.814. The molecule has 0 bridgehead atoms. The lowest BCUT2D eigenvalue weighted by Gasteiger charge is -2.25. The van der Waals surface area contributed by atoms with Crippen LogP contribution in [0.4, 0.5) is 0 Å². The van der Waals surface area contributed by atoms with Gasteiger partial charge in [-0.15, -0.1) is 0 Å². The highest BCUT2D eigenvalue weighted by molar-refractivity contribution is 5.21. The summed E-state index contributed by atoms with van der Waals surface area (Å²) in [7, 11) is 1.94. The summed E-state index contributed by atoms with van der Waals surface area (Å²) >= 11 is 0. The molecule has 0 saturated carbocycles. The van der Waals surface area contributed by atoms with Crippen molar-refractivity contribution < 1.29 is 9.26 Å². The van der Waals surface area contributed by atoms with E-state index in [0.29, 0.717) is 0 Å². The first kappa shape index (κ1) is 11.6. The van der Waals surface area contributed by atoms with Gasteiger partial charge in [-0.05, 0) is 14.0 Å². The summed E-state index contributed by atoms with van der Waals surface area (Å²) in [4.78, 5) is 2.35. The zero-order valence-corrected chi connectivity index (χ0v) is 9.95. The molecule has 1 aromatic heterocycles. The van der Waals surface area contributed by atoms with Gasteiger partial charge in [-0.25, -0.2) is 0 Å². The van der Waals surface area contributed by atoms with E-state index in [1.54, 1.807) is 0 Å². The van der Waals surface area contributed by atoms with Gasteiger partial charge in [0.05, 0.1) is 13.2 Å². The first-order valence-electron chi connectivity index (χ1n) is 5.70. The Kier molecular flexibility index (Phi) is 3.93. The van der Waals surface area contributed by atoms with E-state index in [9.17, 15) is 0 Å². The van der Waals surface area contributed by atoms with E-state index in [4.69, 9.17) is 9.26 Å². The van der Waals surface area contributed by atoms with Crippen LogP contribution >= 0.6 is 0 Å². The Balaban J connectivity index is 2.02. The number of nitrogens with one attached hydrogen (secondary N) is 1. The molecule has 0 unspecified atom stereocenters. The smallest absolute Gasteiger partial charge is 0.138 e. The fourth-order valence-corrected chi connectivity index (χ4v) is 1.94. The molecule has 5 nitrogen and oxygen atoms in total. The maximum Gasteiger partial charge on any atom is 0.138 e. The zero-order valence-electron chi connectivity index (χ0n) is 9.95. The van der Waals surface area contributed by atoms with Crippen LogP contribution < -0.4 is 5.32 Å². The third-order valence-electron chi connectivity index (χ3n) is 2.90. The second-order valence-electron chi connectivity index (χ2n) is 4.08. The quantitative estimate of drug-likeness (QED) is 0.810. The van der Waals surface area contributed by atoms with Crippen LogP contribution in [0.25, 0.3) is 0 Å². The van der Waals surface area contributed by atoms with Crippen molar-refractivity contribution in [3.05, 3.63) is 17.0 Å². The Hall–Kier alpha value is -0.910. The van der Waals surface area contributed by atoms with Crippen molar-refractivity contribution in [3.8, 4) is 0 Å². The number of aromatic nitrogens is 1. The van der Waals surface area contributed by atoms with Crippen molar-refractivity contribution in [1.82, 2.24) is 15.4 Å². The SMILES string of the molecule is CNCc1c(CN2CCOCC2)noc1C. The molecule has 0 radical (unpaired) electrons. The molecular weight excluding hydrogens is 206 g/mol. The third kappa shape index (κ3) is 2.61. The highest BCUT2D eigenvalue weighted by Gasteiger charge is 2.17. The van der Waals surface area contributed by atoms with Gasteiger partial charge in [0, 0.05) is 31.7 Å². The molecule has 90 valence electrons. The van der Waals surface area contributed by atoms with E-state index >= 15 is 0 Å². The highest BCUT2D eigenvalue weighted by atomic mass is 16.5. The minimum atomic E-state index is 0.814. The fraction of sp³-hybridized carbons (Fsp3) is 0.727.